The molecule has 34 heavy (non-hydrogen) atoms. The number of carbonyl (C=O) groups is 1. The second kappa shape index (κ2) is 8.96. The Morgan fingerprint density at radius 1 is 1.03 bits per heavy atom. The second-order valence-corrected chi connectivity index (χ2v) is 9.02. The lowest BCUT2D eigenvalue weighted by molar-refractivity contribution is -0.275. The van der Waals surface area contributed by atoms with E-state index in [9.17, 15) is 18.0 Å². The van der Waals surface area contributed by atoms with Crippen molar-refractivity contribution in [3.63, 3.8) is 0 Å². The average molecular weight is 507 g/mol. The summed E-state index contributed by atoms with van der Waals surface area (Å²) in [5.41, 5.74) is 0.114. The maximum absolute atomic E-state index is 14.2. The number of hydrogen-bond donors (Lipinski definition) is 1. The number of rotatable bonds is 4. The Morgan fingerprint density at radius 3 is 2.38 bits per heavy atom. The van der Waals surface area contributed by atoms with Gasteiger partial charge in [-0.15, -0.1) is 0 Å². The standard InChI is InChI=1S/C25H19Cl2F3N2O2/c1-14-4-3-5-17(8-14)23(33)31-21-9-16(7-6-15(21)2)22-13-24(34-32-22,25(28,29)30)18-10-19(26)12-20(27)11-18/h3-12H,13H2,1-2H3,(H,31,33). The molecule has 0 fully saturated rings. The summed E-state index contributed by atoms with van der Waals surface area (Å²) >= 11 is 11.9. The van der Waals surface area contributed by atoms with Crippen LogP contribution in [0.1, 0.15) is 39.0 Å². The predicted molar refractivity (Wildman–Crippen MR) is 127 cm³/mol. The molecule has 4 rings (SSSR count). The highest BCUT2D eigenvalue weighted by atomic mass is 35.5. The quantitative estimate of drug-likeness (QED) is 0.399. The molecular weight excluding hydrogens is 488 g/mol. The lowest BCUT2D eigenvalue weighted by Gasteiger charge is -2.29. The molecule has 9 heteroatoms. The molecule has 176 valence electrons. The van der Waals surface area contributed by atoms with Gasteiger partial charge in [0.2, 0.25) is 0 Å². The van der Waals surface area contributed by atoms with Crippen molar-refractivity contribution in [2.75, 3.05) is 5.32 Å². The number of carbonyl (C=O) groups excluding carboxylic acids is 1. The molecule has 0 aromatic heterocycles. The van der Waals surface area contributed by atoms with Crippen LogP contribution in [0.4, 0.5) is 18.9 Å². The number of amides is 1. The fourth-order valence-corrected chi connectivity index (χ4v) is 4.29. The molecule has 0 bridgehead atoms. The van der Waals surface area contributed by atoms with Crippen LogP contribution in [0.15, 0.2) is 65.8 Å². The molecule has 0 radical (unpaired) electrons. The molecule has 1 amide bonds. The minimum absolute atomic E-state index is 0.0552. The van der Waals surface area contributed by atoms with Gasteiger partial charge in [0.05, 0.1) is 5.71 Å². The minimum atomic E-state index is -4.79. The summed E-state index contributed by atoms with van der Waals surface area (Å²) < 4.78 is 42.7. The van der Waals surface area contributed by atoms with Crippen molar-refractivity contribution in [2.45, 2.75) is 32.0 Å². The summed E-state index contributed by atoms with van der Waals surface area (Å²) in [6, 6.07) is 15.7. The summed E-state index contributed by atoms with van der Waals surface area (Å²) in [6.45, 7) is 3.66. The molecule has 0 aliphatic carbocycles. The zero-order valence-corrected chi connectivity index (χ0v) is 19.6. The van der Waals surface area contributed by atoms with Crippen molar-refractivity contribution in [1.29, 1.82) is 0 Å². The lowest BCUT2D eigenvalue weighted by Crippen LogP contribution is -2.42. The maximum Gasteiger partial charge on any atom is 0.435 e. The Labute approximate surface area is 204 Å². The zero-order valence-electron chi connectivity index (χ0n) is 18.1. The zero-order chi connectivity index (χ0) is 24.7. The van der Waals surface area contributed by atoms with Gasteiger partial charge in [-0.1, -0.05) is 58.2 Å². The number of alkyl halides is 3. The monoisotopic (exact) mass is 506 g/mol. The maximum atomic E-state index is 14.2. The van der Waals surface area contributed by atoms with E-state index >= 15 is 0 Å². The number of nitrogens with zero attached hydrogens (tertiary/aromatic N) is 1. The highest BCUT2D eigenvalue weighted by Crippen LogP contribution is 2.49. The number of aryl methyl sites for hydroxylation is 2. The summed E-state index contributed by atoms with van der Waals surface area (Å²) in [5.74, 6) is -0.327. The van der Waals surface area contributed by atoms with E-state index in [1.54, 1.807) is 43.3 Å². The Kier molecular flexibility index (Phi) is 6.36. The summed E-state index contributed by atoms with van der Waals surface area (Å²) in [5, 5.41) is 6.71. The summed E-state index contributed by atoms with van der Waals surface area (Å²) in [7, 11) is 0. The van der Waals surface area contributed by atoms with Gasteiger partial charge in [0.25, 0.3) is 11.5 Å². The Hall–Kier alpha value is -3.03. The third-order valence-electron chi connectivity index (χ3n) is 5.61. The molecule has 1 atom stereocenters. The molecule has 1 heterocycles. The van der Waals surface area contributed by atoms with E-state index < -0.39 is 18.2 Å². The van der Waals surface area contributed by atoms with E-state index in [2.05, 4.69) is 10.5 Å². The van der Waals surface area contributed by atoms with Crippen molar-refractivity contribution < 1.29 is 22.8 Å². The number of hydrogen-bond acceptors (Lipinski definition) is 3. The predicted octanol–water partition coefficient (Wildman–Crippen LogP) is 7.44. The Bertz CT molecular complexity index is 1290. The van der Waals surface area contributed by atoms with Crippen LogP contribution in [0.5, 0.6) is 0 Å². The van der Waals surface area contributed by atoms with Crippen LogP contribution in [0, 0.1) is 13.8 Å². The second-order valence-electron chi connectivity index (χ2n) is 8.14. The first kappa shape index (κ1) is 24.1. The smallest absolute Gasteiger partial charge is 0.374 e. The van der Waals surface area contributed by atoms with Crippen LogP contribution < -0.4 is 5.32 Å². The molecule has 0 spiro atoms. The fraction of sp³-hybridized carbons (Fsp3) is 0.200. The molecule has 1 aliphatic rings. The molecular formula is C25H19Cl2F3N2O2. The largest absolute Gasteiger partial charge is 0.435 e. The highest BCUT2D eigenvalue weighted by Gasteiger charge is 2.62. The topological polar surface area (TPSA) is 50.7 Å². The van der Waals surface area contributed by atoms with Gasteiger partial charge in [-0.05, 0) is 55.8 Å². The molecule has 3 aromatic rings. The number of halogens is 5. The van der Waals surface area contributed by atoms with Crippen molar-refractivity contribution in [3.05, 3.63) is 98.5 Å². The third-order valence-corrected chi connectivity index (χ3v) is 6.05. The lowest BCUT2D eigenvalue weighted by atomic mass is 9.86. The SMILES string of the molecule is Cc1cccc(C(=O)Nc2cc(C3=NOC(c4cc(Cl)cc(Cl)c4)(C(F)(F)F)C3)ccc2C)c1. The number of anilines is 1. The Morgan fingerprint density at radius 2 is 1.74 bits per heavy atom. The van der Waals surface area contributed by atoms with Crippen LogP contribution in [-0.2, 0) is 10.4 Å². The van der Waals surface area contributed by atoms with Crippen molar-refractivity contribution in [3.8, 4) is 0 Å². The normalized spacial score (nSPS) is 17.8. The van der Waals surface area contributed by atoms with E-state index in [4.69, 9.17) is 28.0 Å². The van der Waals surface area contributed by atoms with E-state index in [0.717, 1.165) is 11.1 Å². The summed E-state index contributed by atoms with van der Waals surface area (Å²) in [6.07, 6.45) is -5.37. The molecule has 1 aliphatic heterocycles. The first-order chi connectivity index (χ1) is 16.0. The summed E-state index contributed by atoms with van der Waals surface area (Å²) in [4.78, 5) is 17.8. The van der Waals surface area contributed by atoms with Crippen molar-refractivity contribution >= 4 is 40.5 Å². The Balaban J connectivity index is 1.65. The fourth-order valence-electron chi connectivity index (χ4n) is 3.76. The van der Waals surface area contributed by atoms with E-state index in [1.165, 1.54) is 18.2 Å². The van der Waals surface area contributed by atoms with Crippen LogP contribution in [0.25, 0.3) is 0 Å². The molecule has 0 saturated carbocycles. The number of nitrogens with one attached hydrogen (secondary N) is 1. The molecule has 1 unspecified atom stereocenters. The van der Waals surface area contributed by atoms with Crippen LogP contribution in [-0.4, -0.2) is 17.8 Å². The van der Waals surface area contributed by atoms with Crippen LogP contribution in [0.3, 0.4) is 0 Å². The average Bonchev–Trinajstić information content (AvgIpc) is 3.22. The minimum Gasteiger partial charge on any atom is -0.374 e. The third kappa shape index (κ3) is 4.63. The first-order valence-corrected chi connectivity index (χ1v) is 11.0. The van der Waals surface area contributed by atoms with Gasteiger partial charge in [-0.2, -0.15) is 13.2 Å². The molecule has 4 nitrogen and oxygen atoms in total. The number of benzene rings is 3. The van der Waals surface area contributed by atoms with Gasteiger partial charge in [0, 0.05) is 38.8 Å². The highest BCUT2D eigenvalue weighted by molar-refractivity contribution is 6.34. The van der Waals surface area contributed by atoms with Gasteiger partial charge < -0.3 is 10.2 Å². The van der Waals surface area contributed by atoms with Crippen LogP contribution >= 0.6 is 23.2 Å². The van der Waals surface area contributed by atoms with E-state index in [-0.39, 0.29) is 27.2 Å². The van der Waals surface area contributed by atoms with Gasteiger partial charge >= 0.3 is 6.18 Å². The van der Waals surface area contributed by atoms with Crippen molar-refractivity contribution in [1.82, 2.24) is 0 Å². The van der Waals surface area contributed by atoms with E-state index in [1.807, 2.05) is 13.0 Å². The molecule has 0 saturated heterocycles. The molecule has 1 N–H and O–H groups in total. The van der Waals surface area contributed by atoms with E-state index in [0.29, 0.717) is 16.8 Å². The first-order valence-electron chi connectivity index (χ1n) is 10.3. The van der Waals surface area contributed by atoms with Gasteiger partial charge in [-0.25, -0.2) is 0 Å². The van der Waals surface area contributed by atoms with Gasteiger partial charge in [0.1, 0.15) is 0 Å². The van der Waals surface area contributed by atoms with Gasteiger partial charge in [0.15, 0.2) is 0 Å². The number of oxime groups is 1. The molecule has 3 aromatic carbocycles. The van der Waals surface area contributed by atoms with Gasteiger partial charge in [-0.3, -0.25) is 4.79 Å². The van der Waals surface area contributed by atoms with Crippen LogP contribution in [0.2, 0.25) is 10.0 Å². The van der Waals surface area contributed by atoms with Crippen molar-refractivity contribution in [2.24, 2.45) is 5.16 Å².